The highest BCUT2D eigenvalue weighted by Gasteiger charge is 2.20. The Morgan fingerprint density at radius 3 is 2.82 bits per heavy atom. The molecule has 1 N–H and O–H groups in total. The number of piperazine rings is 1. The number of amides is 1. The molecule has 0 spiro atoms. The smallest absolute Gasteiger partial charge is 0.251 e. The van der Waals surface area contributed by atoms with Crippen LogP contribution in [0, 0.1) is 0 Å². The SMILES string of the molecule is CCCCCOc1cccc(C(=O)NCCN2CCN(c3nc4ccc(Cl)cc4s3)CC2)c1. The number of nitrogens with zero attached hydrogens (tertiary/aromatic N) is 3. The summed E-state index contributed by atoms with van der Waals surface area (Å²) in [5, 5.41) is 4.84. The van der Waals surface area contributed by atoms with Crippen LogP contribution in [-0.4, -0.2) is 61.7 Å². The maximum Gasteiger partial charge on any atom is 0.251 e. The van der Waals surface area contributed by atoms with Gasteiger partial charge in [0.25, 0.3) is 5.91 Å². The lowest BCUT2D eigenvalue weighted by atomic mass is 10.2. The van der Waals surface area contributed by atoms with Gasteiger partial charge in [-0.15, -0.1) is 0 Å². The van der Waals surface area contributed by atoms with Gasteiger partial charge in [-0.1, -0.05) is 48.8 Å². The Balaban J connectivity index is 1.19. The minimum atomic E-state index is -0.0548. The number of aromatic nitrogens is 1. The molecule has 6 nitrogen and oxygen atoms in total. The van der Waals surface area contributed by atoms with Crippen molar-refractivity contribution < 1.29 is 9.53 Å². The van der Waals surface area contributed by atoms with Crippen LogP contribution in [0.4, 0.5) is 5.13 Å². The van der Waals surface area contributed by atoms with E-state index in [-0.39, 0.29) is 5.91 Å². The predicted octanol–water partition coefficient (Wildman–Crippen LogP) is 5.07. The minimum absolute atomic E-state index is 0.0548. The third-order valence-corrected chi connectivity index (χ3v) is 7.12. The van der Waals surface area contributed by atoms with Crippen molar-refractivity contribution in [1.82, 2.24) is 15.2 Å². The summed E-state index contributed by atoms with van der Waals surface area (Å²) in [6.45, 7) is 8.08. The molecule has 0 unspecified atom stereocenters. The first-order chi connectivity index (χ1) is 16.1. The summed E-state index contributed by atoms with van der Waals surface area (Å²) in [5.74, 6) is 0.702. The minimum Gasteiger partial charge on any atom is -0.494 e. The van der Waals surface area contributed by atoms with Gasteiger partial charge in [-0.3, -0.25) is 9.69 Å². The number of rotatable bonds is 10. The molecule has 1 amide bonds. The lowest BCUT2D eigenvalue weighted by molar-refractivity contribution is 0.0947. The third kappa shape index (κ3) is 6.59. The van der Waals surface area contributed by atoms with E-state index in [9.17, 15) is 4.79 Å². The molecule has 1 aromatic heterocycles. The van der Waals surface area contributed by atoms with Crippen LogP contribution in [-0.2, 0) is 0 Å². The zero-order valence-corrected chi connectivity index (χ0v) is 20.6. The maximum atomic E-state index is 12.6. The number of carbonyl (C=O) groups is 1. The molecule has 0 bridgehead atoms. The van der Waals surface area contributed by atoms with E-state index in [0.717, 1.165) is 78.1 Å². The number of anilines is 1. The number of unbranched alkanes of at least 4 members (excludes halogenated alkanes) is 2. The van der Waals surface area contributed by atoms with E-state index in [1.165, 1.54) is 0 Å². The molecule has 3 aromatic rings. The van der Waals surface area contributed by atoms with Crippen molar-refractivity contribution in [3.63, 3.8) is 0 Å². The van der Waals surface area contributed by atoms with Gasteiger partial charge in [0.15, 0.2) is 5.13 Å². The lowest BCUT2D eigenvalue weighted by Gasteiger charge is -2.34. The fourth-order valence-electron chi connectivity index (χ4n) is 3.88. The average Bonchev–Trinajstić information content (AvgIpc) is 3.25. The van der Waals surface area contributed by atoms with Gasteiger partial charge in [-0.25, -0.2) is 4.98 Å². The number of hydrogen-bond acceptors (Lipinski definition) is 6. The second-order valence-corrected chi connectivity index (χ2v) is 9.72. The summed E-state index contributed by atoms with van der Waals surface area (Å²) in [4.78, 5) is 22.0. The van der Waals surface area contributed by atoms with Crippen molar-refractivity contribution in [2.24, 2.45) is 0 Å². The van der Waals surface area contributed by atoms with Crippen LogP contribution in [0.5, 0.6) is 5.75 Å². The van der Waals surface area contributed by atoms with Crippen molar-refractivity contribution in [2.75, 3.05) is 50.8 Å². The predicted molar refractivity (Wildman–Crippen MR) is 137 cm³/mol. The van der Waals surface area contributed by atoms with E-state index in [4.69, 9.17) is 21.3 Å². The normalized spacial score (nSPS) is 14.5. The molecule has 2 heterocycles. The Bertz CT molecular complexity index is 1070. The van der Waals surface area contributed by atoms with Gasteiger partial charge in [0.1, 0.15) is 5.75 Å². The first-order valence-corrected chi connectivity index (χ1v) is 12.9. The van der Waals surface area contributed by atoms with Gasteiger partial charge >= 0.3 is 0 Å². The molecule has 1 aliphatic heterocycles. The molecule has 8 heteroatoms. The van der Waals surface area contributed by atoms with Crippen LogP contribution in [0.25, 0.3) is 10.2 Å². The highest BCUT2D eigenvalue weighted by Crippen LogP contribution is 2.31. The van der Waals surface area contributed by atoms with E-state index < -0.39 is 0 Å². The maximum absolute atomic E-state index is 12.6. The first-order valence-electron chi connectivity index (χ1n) is 11.7. The van der Waals surface area contributed by atoms with Crippen molar-refractivity contribution >= 4 is 44.2 Å². The van der Waals surface area contributed by atoms with Crippen LogP contribution in [0.2, 0.25) is 5.02 Å². The highest BCUT2D eigenvalue weighted by molar-refractivity contribution is 7.22. The molecule has 1 fully saturated rings. The zero-order valence-electron chi connectivity index (χ0n) is 19.1. The molecular weight excluding hydrogens is 456 g/mol. The molecule has 33 heavy (non-hydrogen) atoms. The number of halogens is 1. The molecule has 1 aliphatic rings. The number of nitrogens with one attached hydrogen (secondary N) is 1. The van der Waals surface area contributed by atoms with E-state index in [2.05, 4.69) is 22.0 Å². The Hall–Kier alpha value is -2.35. The number of hydrogen-bond donors (Lipinski definition) is 1. The van der Waals surface area contributed by atoms with Crippen molar-refractivity contribution in [1.29, 1.82) is 0 Å². The largest absolute Gasteiger partial charge is 0.494 e. The molecule has 4 rings (SSSR count). The molecular formula is C25H31ClN4O2S. The molecule has 176 valence electrons. The molecule has 2 aromatic carbocycles. The summed E-state index contributed by atoms with van der Waals surface area (Å²) < 4.78 is 6.89. The Labute approximate surface area is 204 Å². The second kappa shape index (κ2) is 11.7. The van der Waals surface area contributed by atoms with Crippen LogP contribution in [0.1, 0.15) is 36.5 Å². The average molecular weight is 487 g/mol. The van der Waals surface area contributed by atoms with Crippen LogP contribution >= 0.6 is 22.9 Å². The summed E-state index contributed by atoms with van der Waals surface area (Å²) in [7, 11) is 0. The standard InChI is InChI=1S/C25H31ClN4O2S/c1-2-3-4-16-32-21-7-5-6-19(17-21)24(31)27-10-11-29-12-14-30(15-13-29)25-28-22-9-8-20(26)18-23(22)33-25/h5-9,17-18H,2-4,10-16H2,1H3,(H,27,31). The summed E-state index contributed by atoms with van der Waals surface area (Å²) in [6, 6.07) is 13.3. The fourth-order valence-corrected chi connectivity index (χ4v) is 5.18. The van der Waals surface area contributed by atoms with E-state index >= 15 is 0 Å². The third-order valence-electron chi connectivity index (χ3n) is 5.81. The number of thiazole rings is 1. The Morgan fingerprint density at radius 2 is 2.00 bits per heavy atom. The van der Waals surface area contributed by atoms with E-state index in [0.29, 0.717) is 18.7 Å². The van der Waals surface area contributed by atoms with E-state index in [1.807, 2.05) is 42.5 Å². The molecule has 1 saturated heterocycles. The van der Waals surface area contributed by atoms with Gasteiger partial charge in [0, 0.05) is 49.9 Å². The van der Waals surface area contributed by atoms with Crippen LogP contribution < -0.4 is 15.0 Å². The Kier molecular flexibility index (Phi) is 8.42. The van der Waals surface area contributed by atoms with Gasteiger partial charge in [-0.05, 0) is 42.8 Å². The number of ether oxygens (including phenoxy) is 1. The van der Waals surface area contributed by atoms with Crippen molar-refractivity contribution in [3.8, 4) is 5.75 Å². The topological polar surface area (TPSA) is 57.7 Å². The fraction of sp³-hybridized carbons (Fsp3) is 0.440. The van der Waals surface area contributed by atoms with Gasteiger partial charge in [0.05, 0.1) is 16.8 Å². The van der Waals surface area contributed by atoms with Gasteiger partial charge in [0.2, 0.25) is 0 Å². The number of fused-ring (bicyclic) bond motifs is 1. The zero-order chi connectivity index (χ0) is 23.0. The van der Waals surface area contributed by atoms with Crippen molar-refractivity contribution in [2.45, 2.75) is 26.2 Å². The molecule has 0 saturated carbocycles. The Morgan fingerprint density at radius 1 is 1.15 bits per heavy atom. The highest BCUT2D eigenvalue weighted by atomic mass is 35.5. The molecule has 0 radical (unpaired) electrons. The summed E-state index contributed by atoms with van der Waals surface area (Å²) in [5.41, 5.74) is 1.64. The summed E-state index contributed by atoms with van der Waals surface area (Å²) in [6.07, 6.45) is 3.36. The number of carbonyl (C=O) groups excluding carboxylic acids is 1. The summed E-state index contributed by atoms with van der Waals surface area (Å²) >= 11 is 7.79. The van der Waals surface area contributed by atoms with Crippen LogP contribution in [0.3, 0.4) is 0 Å². The van der Waals surface area contributed by atoms with Gasteiger partial charge in [-0.2, -0.15) is 0 Å². The molecule has 0 aliphatic carbocycles. The monoisotopic (exact) mass is 486 g/mol. The molecule has 0 atom stereocenters. The van der Waals surface area contributed by atoms with E-state index in [1.54, 1.807) is 11.3 Å². The van der Waals surface area contributed by atoms with Crippen LogP contribution in [0.15, 0.2) is 42.5 Å². The number of benzene rings is 2. The van der Waals surface area contributed by atoms with Gasteiger partial charge < -0.3 is 15.0 Å². The quantitative estimate of drug-likeness (QED) is 0.405. The second-order valence-electron chi connectivity index (χ2n) is 8.28. The first kappa shape index (κ1) is 23.8. The lowest BCUT2D eigenvalue weighted by Crippen LogP contribution is -2.48. The van der Waals surface area contributed by atoms with Crippen molar-refractivity contribution in [3.05, 3.63) is 53.1 Å².